The first-order chi connectivity index (χ1) is 9.74. The highest BCUT2D eigenvalue weighted by molar-refractivity contribution is 9.10. The molecule has 0 saturated carbocycles. The molecule has 0 atom stereocenters. The zero-order valence-corrected chi connectivity index (χ0v) is 12.6. The standard InChI is InChI=1S/C15H14BrN3O/c1-10-7-12(20-19-10)9-17-8-11-4-5-14(16)13-3-2-6-18-15(11)13/h2-7,17H,8-9H2,1H3. The molecule has 0 bridgehead atoms. The number of fused-ring (bicyclic) bond motifs is 1. The molecular formula is C15H14BrN3O. The molecule has 1 N–H and O–H groups in total. The van der Waals surface area contributed by atoms with Gasteiger partial charge in [-0.1, -0.05) is 33.2 Å². The number of halogens is 1. The van der Waals surface area contributed by atoms with Crippen LogP contribution in [0.4, 0.5) is 0 Å². The van der Waals surface area contributed by atoms with Crippen LogP contribution in [-0.2, 0) is 13.1 Å². The third-order valence-electron chi connectivity index (χ3n) is 3.09. The van der Waals surface area contributed by atoms with Crippen molar-refractivity contribution in [2.75, 3.05) is 0 Å². The molecule has 0 aliphatic carbocycles. The molecule has 3 rings (SSSR count). The van der Waals surface area contributed by atoms with Crippen molar-refractivity contribution in [3.05, 3.63) is 58.0 Å². The van der Waals surface area contributed by atoms with Crippen molar-refractivity contribution in [3.63, 3.8) is 0 Å². The Morgan fingerprint density at radius 3 is 2.95 bits per heavy atom. The van der Waals surface area contributed by atoms with Crippen molar-refractivity contribution < 1.29 is 4.52 Å². The van der Waals surface area contributed by atoms with Crippen LogP contribution in [0, 0.1) is 6.92 Å². The maximum atomic E-state index is 5.17. The Morgan fingerprint density at radius 2 is 2.15 bits per heavy atom. The molecule has 4 nitrogen and oxygen atoms in total. The molecular weight excluding hydrogens is 318 g/mol. The Labute approximate surface area is 125 Å². The van der Waals surface area contributed by atoms with Crippen molar-refractivity contribution in [3.8, 4) is 0 Å². The maximum Gasteiger partial charge on any atom is 0.150 e. The van der Waals surface area contributed by atoms with Gasteiger partial charge in [-0.3, -0.25) is 4.98 Å². The number of nitrogens with zero attached hydrogens (tertiary/aromatic N) is 2. The number of pyridine rings is 1. The van der Waals surface area contributed by atoms with E-state index in [1.165, 1.54) is 5.56 Å². The number of aromatic nitrogens is 2. The van der Waals surface area contributed by atoms with Crippen LogP contribution in [0.15, 0.2) is 45.5 Å². The highest BCUT2D eigenvalue weighted by Gasteiger charge is 2.06. The lowest BCUT2D eigenvalue weighted by Crippen LogP contribution is -2.12. The van der Waals surface area contributed by atoms with Crippen molar-refractivity contribution >= 4 is 26.8 Å². The summed E-state index contributed by atoms with van der Waals surface area (Å²) in [6.07, 6.45) is 1.82. The fourth-order valence-corrected chi connectivity index (χ4v) is 2.61. The molecule has 0 fully saturated rings. The molecule has 0 saturated heterocycles. The molecule has 3 aromatic rings. The topological polar surface area (TPSA) is 51.0 Å². The quantitative estimate of drug-likeness (QED) is 0.793. The summed E-state index contributed by atoms with van der Waals surface area (Å²) in [6, 6.07) is 10.1. The lowest BCUT2D eigenvalue weighted by atomic mass is 10.1. The molecule has 0 radical (unpaired) electrons. The van der Waals surface area contributed by atoms with E-state index in [-0.39, 0.29) is 0 Å². The van der Waals surface area contributed by atoms with E-state index < -0.39 is 0 Å². The zero-order chi connectivity index (χ0) is 13.9. The summed E-state index contributed by atoms with van der Waals surface area (Å²) in [5.41, 5.74) is 3.08. The molecule has 0 aliphatic rings. The summed E-state index contributed by atoms with van der Waals surface area (Å²) in [7, 11) is 0. The highest BCUT2D eigenvalue weighted by Crippen LogP contribution is 2.25. The number of benzene rings is 1. The van der Waals surface area contributed by atoms with E-state index in [1.807, 2.05) is 25.3 Å². The van der Waals surface area contributed by atoms with Gasteiger partial charge in [0.25, 0.3) is 0 Å². The molecule has 102 valence electrons. The third kappa shape index (κ3) is 2.73. The largest absolute Gasteiger partial charge is 0.360 e. The van der Waals surface area contributed by atoms with Gasteiger partial charge in [0.15, 0.2) is 5.76 Å². The van der Waals surface area contributed by atoms with Gasteiger partial charge in [-0.15, -0.1) is 0 Å². The number of rotatable bonds is 4. The summed E-state index contributed by atoms with van der Waals surface area (Å²) in [4.78, 5) is 4.47. The van der Waals surface area contributed by atoms with Gasteiger partial charge in [-0.2, -0.15) is 0 Å². The minimum atomic E-state index is 0.658. The van der Waals surface area contributed by atoms with Gasteiger partial charge in [0, 0.05) is 28.7 Å². The molecule has 2 heterocycles. The number of aryl methyl sites for hydroxylation is 1. The van der Waals surface area contributed by atoms with Crippen LogP contribution in [0.2, 0.25) is 0 Å². The fourth-order valence-electron chi connectivity index (χ4n) is 2.16. The normalized spacial score (nSPS) is 11.1. The van der Waals surface area contributed by atoms with Crippen molar-refractivity contribution in [1.29, 1.82) is 0 Å². The van der Waals surface area contributed by atoms with Crippen LogP contribution in [-0.4, -0.2) is 10.1 Å². The van der Waals surface area contributed by atoms with E-state index >= 15 is 0 Å². The van der Waals surface area contributed by atoms with E-state index in [4.69, 9.17) is 4.52 Å². The second-order valence-electron chi connectivity index (χ2n) is 4.64. The molecule has 5 heteroatoms. The SMILES string of the molecule is Cc1cc(CNCc2ccc(Br)c3cccnc23)on1. The number of nitrogens with one attached hydrogen (secondary N) is 1. The Hall–Kier alpha value is -1.72. The highest BCUT2D eigenvalue weighted by atomic mass is 79.9. The predicted octanol–water partition coefficient (Wildman–Crippen LogP) is 3.58. The summed E-state index contributed by atoms with van der Waals surface area (Å²) in [6.45, 7) is 3.31. The predicted molar refractivity (Wildman–Crippen MR) is 81.2 cm³/mol. The van der Waals surface area contributed by atoms with Gasteiger partial charge in [0.05, 0.1) is 17.8 Å². The van der Waals surface area contributed by atoms with Gasteiger partial charge in [0.1, 0.15) is 0 Å². The van der Waals surface area contributed by atoms with Crippen molar-refractivity contribution in [2.45, 2.75) is 20.0 Å². The van der Waals surface area contributed by atoms with E-state index in [0.29, 0.717) is 6.54 Å². The average Bonchev–Trinajstić information content (AvgIpc) is 2.87. The lowest BCUT2D eigenvalue weighted by molar-refractivity contribution is 0.369. The molecule has 0 unspecified atom stereocenters. The first-order valence-corrected chi connectivity index (χ1v) is 7.18. The maximum absolute atomic E-state index is 5.17. The van der Waals surface area contributed by atoms with E-state index in [2.05, 4.69) is 49.6 Å². The summed E-state index contributed by atoms with van der Waals surface area (Å²) >= 11 is 3.55. The van der Waals surface area contributed by atoms with Gasteiger partial charge in [0.2, 0.25) is 0 Å². The van der Waals surface area contributed by atoms with Crippen molar-refractivity contribution in [1.82, 2.24) is 15.5 Å². The van der Waals surface area contributed by atoms with E-state index in [9.17, 15) is 0 Å². The molecule has 20 heavy (non-hydrogen) atoms. The van der Waals surface area contributed by atoms with Gasteiger partial charge < -0.3 is 9.84 Å². The second-order valence-corrected chi connectivity index (χ2v) is 5.50. The van der Waals surface area contributed by atoms with Crippen LogP contribution in [0.1, 0.15) is 17.0 Å². The number of hydrogen-bond donors (Lipinski definition) is 1. The first kappa shape index (κ1) is 13.3. The average molecular weight is 332 g/mol. The Balaban J connectivity index is 1.76. The summed E-state index contributed by atoms with van der Waals surface area (Å²) in [5, 5.41) is 8.35. The van der Waals surface area contributed by atoms with Gasteiger partial charge >= 0.3 is 0 Å². The number of hydrogen-bond acceptors (Lipinski definition) is 4. The molecule has 1 aromatic carbocycles. The summed E-state index contributed by atoms with van der Waals surface area (Å²) in [5.74, 6) is 0.844. The van der Waals surface area contributed by atoms with E-state index in [1.54, 1.807) is 0 Å². The van der Waals surface area contributed by atoms with Crippen LogP contribution in [0.5, 0.6) is 0 Å². The minimum absolute atomic E-state index is 0.658. The minimum Gasteiger partial charge on any atom is -0.360 e. The zero-order valence-electron chi connectivity index (χ0n) is 11.1. The summed E-state index contributed by atoms with van der Waals surface area (Å²) < 4.78 is 6.24. The third-order valence-corrected chi connectivity index (χ3v) is 3.78. The van der Waals surface area contributed by atoms with Crippen molar-refractivity contribution in [2.24, 2.45) is 0 Å². The second kappa shape index (κ2) is 5.73. The Morgan fingerprint density at radius 1 is 1.25 bits per heavy atom. The Kier molecular flexibility index (Phi) is 3.80. The molecule has 0 spiro atoms. The monoisotopic (exact) mass is 331 g/mol. The molecule has 0 amide bonds. The first-order valence-electron chi connectivity index (χ1n) is 6.39. The molecule has 2 aromatic heterocycles. The molecule has 0 aliphatic heterocycles. The van der Waals surface area contributed by atoms with Crippen LogP contribution in [0.25, 0.3) is 10.9 Å². The fraction of sp³-hybridized carbons (Fsp3) is 0.200. The smallest absolute Gasteiger partial charge is 0.150 e. The Bertz CT molecular complexity index is 739. The van der Waals surface area contributed by atoms with Crippen LogP contribution in [0.3, 0.4) is 0 Å². The van der Waals surface area contributed by atoms with Crippen LogP contribution >= 0.6 is 15.9 Å². The lowest BCUT2D eigenvalue weighted by Gasteiger charge is -2.07. The van der Waals surface area contributed by atoms with Gasteiger partial charge in [-0.05, 0) is 24.6 Å². The van der Waals surface area contributed by atoms with E-state index in [0.717, 1.165) is 33.4 Å². The van der Waals surface area contributed by atoms with Gasteiger partial charge in [-0.25, -0.2) is 0 Å². The van der Waals surface area contributed by atoms with Crippen LogP contribution < -0.4 is 5.32 Å².